The summed E-state index contributed by atoms with van der Waals surface area (Å²) in [5.41, 5.74) is 3.44. The number of anilines is 1. The molecule has 1 aliphatic carbocycles. The molecule has 39 heavy (non-hydrogen) atoms. The zero-order chi connectivity index (χ0) is 27.6. The Morgan fingerprint density at radius 1 is 1.15 bits per heavy atom. The van der Waals surface area contributed by atoms with E-state index in [2.05, 4.69) is 10.3 Å². The van der Waals surface area contributed by atoms with Gasteiger partial charge in [0.2, 0.25) is 11.8 Å². The molecule has 7 nitrogen and oxygen atoms in total. The second-order valence-electron chi connectivity index (χ2n) is 10.6. The van der Waals surface area contributed by atoms with Gasteiger partial charge < -0.3 is 20.0 Å². The Bertz CT molecular complexity index is 1210. The highest BCUT2D eigenvalue weighted by atomic mass is 35.5. The van der Waals surface area contributed by atoms with Crippen LogP contribution in [0.3, 0.4) is 0 Å². The van der Waals surface area contributed by atoms with Gasteiger partial charge in [-0.1, -0.05) is 23.7 Å². The number of alkyl halides is 3. The number of pyridine rings is 1. The number of rotatable bonds is 9. The minimum Gasteiger partial charge on any atom is -0.376 e. The van der Waals surface area contributed by atoms with Crippen molar-refractivity contribution in [3.8, 4) is 0 Å². The number of nitrogens with zero attached hydrogens (tertiary/aromatic N) is 4. The van der Waals surface area contributed by atoms with Crippen molar-refractivity contribution in [1.82, 2.24) is 19.7 Å². The van der Waals surface area contributed by atoms with Gasteiger partial charge >= 0.3 is 0 Å². The van der Waals surface area contributed by atoms with Gasteiger partial charge in [0.1, 0.15) is 6.17 Å². The van der Waals surface area contributed by atoms with Gasteiger partial charge in [-0.25, -0.2) is 13.2 Å². The Kier molecular flexibility index (Phi) is 8.32. The molecule has 1 N–H and O–H groups in total. The minimum atomic E-state index is -2.62. The molecule has 2 amide bonds. The van der Waals surface area contributed by atoms with E-state index in [1.165, 1.54) is 0 Å². The van der Waals surface area contributed by atoms with Crippen LogP contribution in [0, 0.1) is 5.92 Å². The fraction of sp³-hybridized carbons (Fsp3) is 0.536. The average Bonchev–Trinajstić information content (AvgIpc) is 3.66. The summed E-state index contributed by atoms with van der Waals surface area (Å²) in [5.74, 6) is -3.40. The van der Waals surface area contributed by atoms with Crippen LogP contribution in [0.5, 0.6) is 0 Å². The lowest BCUT2D eigenvalue weighted by Crippen LogP contribution is -2.45. The van der Waals surface area contributed by atoms with E-state index in [0.29, 0.717) is 62.8 Å². The summed E-state index contributed by atoms with van der Waals surface area (Å²) in [6.07, 6.45) is 1.19. The number of fused-ring (bicyclic) bond motifs is 1. The third-order valence-corrected chi connectivity index (χ3v) is 8.18. The van der Waals surface area contributed by atoms with E-state index in [1.54, 1.807) is 28.1 Å². The van der Waals surface area contributed by atoms with Crippen LogP contribution >= 0.6 is 11.6 Å². The topological polar surface area (TPSA) is 68.8 Å². The zero-order valence-electron chi connectivity index (χ0n) is 21.7. The lowest BCUT2D eigenvalue weighted by Gasteiger charge is -2.33. The number of benzene rings is 1. The molecular formula is C28H33ClF3N5O2. The number of aromatic nitrogens is 1. The van der Waals surface area contributed by atoms with E-state index in [0.717, 1.165) is 16.8 Å². The van der Waals surface area contributed by atoms with Crippen LogP contribution in [0.4, 0.5) is 18.9 Å². The zero-order valence-corrected chi connectivity index (χ0v) is 22.5. The van der Waals surface area contributed by atoms with E-state index >= 15 is 0 Å². The summed E-state index contributed by atoms with van der Waals surface area (Å²) < 4.78 is 40.5. The maximum Gasteiger partial charge on any atom is 0.250 e. The molecule has 2 fully saturated rings. The Hall–Kier alpha value is -2.85. The minimum absolute atomic E-state index is 0.0349. The van der Waals surface area contributed by atoms with Crippen LogP contribution < -0.4 is 5.32 Å². The Morgan fingerprint density at radius 2 is 1.92 bits per heavy atom. The summed E-state index contributed by atoms with van der Waals surface area (Å²) >= 11 is 6.31. The number of carbonyl (C=O) groups is 2. The molecule has 1 saturated carbocycles. The molecule has 3 heterocycles. The van der Waals surface area contributed by atoms with Crippen molar-refractivity contribution < 1.29 is 22.8 Å². The van der Waals surface area contributed by atoms with Gasteiger partial charge in [-0.3, -0.25) is 14.6 Å². The van der Waals surface area contributed by atoms with Crippen LogP contribution in [0.2, 0.25) is 5.02 Å². The first-order chi connectivity index (χ1) is 18.7. The quantitative estimate of drug-likeness (QED) is 0.496. The summed E-state index contributed by atoms with van der Waals surface area (Å²) in [7, 11) is 0. The van der Waals surface area contributed by atoms with Gasteiger partial charge in [-0.2, -0.15) is 0 Å². The first kappa shape index (κ1) is 27.7. The third-order valence-electron chi connectivity index (χ3n) is 7.84. The van der Waals surface area contributed by atoms with E-state index in [9.17, 15) is 22.8 Å². The SMILES string of the molecule is O=C(CNc1cccc2c1CCN(C(=O)[C@@H]1C[C@@H]1F)C2)N(CCN1CCC(F)(F)CC1)Cc1ncccc1Cl. The van der Waals surface area contributed by atoms with Gasteiger partial charge in [0, 0.05) is 64.0 Å². The van der Waals surface area contributed by atoms with Crippen molar-refractivity contribution in [2.45, 2.75) is 50.9 Å². The largest absolute Gasteiger partial charge is 0.376 e. The van der Waals surface area contributed by atoms with Gasteiger partial charge in [0.15, 0.2) is 0 Å². The van der Waals surface area contributed by atoms with Crippen LogP contribution in [0.1, 0.15) is 36.1 Å². The average molecular weight is 564 g/mol. The Labute approximate surface area is 231 Å². The van der Waals surface area contributed by atoms with Gasteiger partial charge in [0.05, 0.1) is 29.7 Å². The molecule has 0 spiro atoms. The molecule has 5 rings (SSSR count). The highest BCUT2D eigenvalue weighted by Crippen LogP contribution is 2.37. The maximum absolute atomic E-state index is 13.6. The molecule has 1 aromatic heterocycles. The fourth-order valence-corrected chi connectivity index (χ4v) is 5.45. The second kappa shape index (κ2) is 11.7. The monoisotopic (exact) mass is 563 g/mol. The smallest absolute Gasteiger partial charge is 0.250 e. The van der Waals surface area contributed by atoms with E-state index < -0.39 is 18.0 Å². The molecule has 2 atom stereocenters. The first-order valence-electron chi connectivity index (χ1n) is 13.4. The number of likely N-dealkylation sites (tertiary alicyclic amines) is 1. The summed E-state index contributed by atoms with van der Waals surface area (Å²) in [6.45, 7) is 2.62. The van der Waals surface area contributed by atoms with Crippen LogP contribution in [0.15, 0.2) is 36.5 Å². The summed E-state index contributed by atoms with van der Waals surface area (Å²) in [4.78, 5) is 35.6. The lowest BCUT2D eigenvalue weighted by molar-refractivity contribution is -0.134. The molecule has 1 saturated heterocycles. The summed E-state index contributed by atoms with van der Waals surface area (Å²) in [5, 5.41) is 3.73. The van der Waals surface area contributed by atoms with E-state index in [-0.39, 0.29) is 37.7 Å². The Balaban J connectivity index is 1.22. The molecular weight excluding hydrogens is 531 g/mol. The standard InChI is InChI=1S/C28H33ClF3N5O2/c29-22-4-2-9-33-25(22)18-36(14-13-35-11-7-28(31,32)8-12-35)26(38)16-34-24-5-1-3-19-17-37(10-6-20(19)24)27(39)21-15-23(21)30/h1-5,9,21,23,34H,6-8,10-18H2/t21-,23+/m1/s1. The normalized spacial score (nSPS) is 22.2. The molecule has 2 aliphatic heterocycles. The van der Waals surface area contributed by atoms with Crippen molar-refractivity contribution in [3.63, 3.8) is 0 Å². The molecule has 3 aliphatic rings. The van der Waals surface area contributed by atoms with Crippen molar-refractivity contribution >= 4 is 29.1 Å². The fourth-order valence-electron chi connectivity index (χ4n) is 5.27. The predicted molar refractivity (Wildman–Crippen MR) is 142 cm³/mol. The third kappa shape index (κ3) is 6.84. The van der Waals surface area contributed by atoms with Gasteiger partial charge in [0.25, 0.3) is 5.92 Å². The number of hydrogen-bond donors (Lipinski definition) is 1. The molecule has 210 valence electrons. The number of nitrogens with one attached hydrogen (secondary N) is 1. The van der Waals surface area contributed by atoms with Crippen LogP contribution in [0.25, 0.3) is 0 Å². The number of amides is 2. The predicted octanol–water partition coefficient (Wildman–Crippen LogP) is 4.15. The molecule has 0 bridgehead atoms. The van der Waals surface area contributed by atoms with Crippen LogP contribution in [-0.2, 0) is 29.1 Å². The summed E-state index contributed by atoms with van der Waals surface area (Å²) in [6, 6.07) is 9.20. The highest BCUT2D eigenvalue weighted by Gasteiger charge is 2.46. The molecule has 1 aromatic carbocycles. The molecule has 0 radical (unpaired) electrons. The molecule has 0 unspecified atom stereocenters. The number of carbonyl (C=O) groups excluding carboxylic acids is 2. The van der Waals surface area contributed by atoms with Gasteiger partial charge in [-0.05, 0) is 42.2 Å². The second-order valence-corrected chi connectivity index (χ2v) is 11.0. The number of hydrogen-bond acceptors (Lipinski definition) is 5. The van der Waals surface area contributed by atoms with Gasteiger partial charge in [-0.15, -0.1) is 0 Å². The van der Waals surface area contributed by atoms with E-state index in [4.69, 9.17) is 11.6 Å². The van der Waals surface area contributed by atoms with Crippen LogP contribution in [-0.4, -0.2) is 82.9 Å². The molecule has 11 heteroatoms. The van der Waals surface area contributed by atoms with Crippen molar-refractivity contribution in [1.29, 1.82) is 0 Å². The number of piperidine rings is 1. The highest BCUT2D eigenvalue weighted by molar-refractivity contribution is 6.31. The Morgan fingerprint density at radius 3 is 2.64 bits per heavy atom. The van der Waals surface area contributed by atoms with E-state index in [1.807, 2.05) is 23.1 Å². The van der Waals surface area contributed by atoms with Crippen molar-refractivity contribution in [3.05, 3.63) is 58.4 Å². The van der Waals surface area contributed by atoms with Crippen molar-refractivity contribution in [2.24, 2.45) is 5.92 Å². The number of halogens is 4. The lowest BCUT2D eigenvalue weighted by atomic mass is 9.97. The first-order valence-corrected chi connectivity index (χ1v) is 13.8. The molecule has 2 aromatic rings. The van der Waals surface area contributed by atoms with Crippen molar-refractivity contribution in [2.75, 3.05) is 44.6 Å². The maximum atomic E-state index is 13.6.